The normalized spacial score (nSPS) is 18.5. The summed E-state index contributed by atoms with van der Waals surface area (Å²) >= 11 is 0. The molecule has 2 aliphatic rings. The maximum absolute atomic E-state index is 15.1. The smallest absolute Gasteiger partial charge is 0.326 e. The van der Waals surface area contributed by atoms with E-state index in [0.717, 1.165) is 6.07 Å². The minimum absolute atomic E-state index is 0.0778. The Labute approximate surface area is 165 Å². The van der Waals surface area contributed by atoms with Crippen molar-refractivity contribution in [3.63, 3.8) is 0 Å². The summed E-state index contributed by atoms with van der Waals surface area (Å²) in [5, 5.41) is 9.57. The van der Waals surface area contributed by atoms with Crippen LogP contribution in [-0.2, 0) is 25.0 Å². The van der Waals surface area contributed by atoms with Crippen LogP contribution in [0.2, 0.25) is 0 Å². The number of rotatable bonds is 5. The van der Waals surface area contributed by atoms with E-state index in [-0.39, 0.29) is 16.9 Å². The zero-order valence-corrected chi connectivity index (χ0v) is 16.3. The van der Waals surface area contributed by atoms with E-state index in [4.69, 9.17) is 0 Å². The molecule has 154 valence electrons. The number of hydrogen-bond donors (Lipinski definition) is 3. The highest BCUT2D eigenvalue weighted by atomic mass is 32.2. The van der Waals surface area contributed by atoms with E-state index in [9.17, 15) is 26.7 Å². The van der Waals surface area contributed by atoms with Crippen LogP contribution in [0.25, 0.3) is 11.3 Å². The van der Waals surface area contributed by atoms with Crippen molar-refractivity contribution in [2.24, 2.45) is 0 Å². The van der Waals surface area contributed by atoms with E-state index in [2.05, 4.69) is 9.71 Å². The molecule has 4 rings (SSSR count). The fourth-order valence-corrected chi connectivity index (χ4v) is 5.41. The van der Waals surface area contributed by atoms with Gasteiger partial charge in [0.05, 0.1) is 22.8 Å². The Morgan fingerprint density at radius 2 is 1.97 bits per heavy atom. The van der Waals surface area contributed by atoms with Crippen molar-refractivity contribution in [2.45, 2.75) is 18.1 Å². The number of carbonyl (C=O) groups excluding carboxylic acids is 1. The molecule has 10 nitrogen and oxygen atoms in total. The van der Waals surface area contributed by atoms with E-state index < -0.39 is 55.2 Å². The first-order valence-electron chi connectivity index (χ1n) is 8.41. The van der Waals surface area contributed by atoms with Gasteiger partial charge in [-0.05, 0) is 37.1 Å². The number of hydrogen-bond acceptors (Lipinski definition) is 7. The minimum Gasteiger partial charge on any atom is -0.506 e. The molecule has 1 saturated heterocycles. The third kappa shape index (κ3) is 3.58. The Morgan fingerprint density at radius 1 is 1.24 bits per heavy atom. The molecule has 0 spiro atoms. The number of halogens is 1. The highest BCUT2D eigenvalue weighted by Gasteiger charge is 2.38. The van der Waals surface area contributed by atoms with Gasteiger partial charge in [-0.3, -0.25) is 14.5 Å². The van der Waals surface area contributed by atoms with Crippen molar-refractivity contribution in [1.29, 1.82) is 0 Å². The van der Waals surface area contributed by atoms with E-state index in [1.54, 1.807) is 4.72 Å². The number of anilines is 2. The summed E-state index contributed by atoms with van der Waals surface area (Å²) in [4.78, 5) is 15.4. The molecule has 0 atom stereocenters. The average molecular weight is 442 g/mol. The molecule has 0 bridgehead atoms. The van der Waals surface area contributed by atoms with Crippen LogP contribution in [0.15, 0.2) is 30.5 Å². The van der Waals surface area contributed by atoms with E-state index in [0.29, 0.717) is 17.1 Å². The van der Waals surface area contributed by atoms with Crippen LogP contribution in [0.4, 0.5) is 15.8 Å². The summed E-state index contributed by atoms with van der Waals surface area (Å²) in [7, 11) is -7.80. The van der Waals surface area contributed by atoms with E-state index >= 15 is 4.39 Å². The van der Waals surface area contributed by atoms with Gasteiger partial charge < -0.3 is 5.11 Å². The molecule has 2 fully saturated rings. The number of phenols is 1. The number of nitrogens with one attached hydrogen (secondary N) is 2. The number of aromatic hydroxyl groups is 1. The van der Waals surface area contributed by atoms with Crippen LogP contribution in [0, 0.1) is 5.82 Å². The number of carbonyl (C=O) groups is 1. The highest BCUT2D eigenvalue weighted by molar-refractivity contribution is 7.93. The lowest BCUT2D eigenvalue weighted by Gasteiger charge is -2.18. The standard InChI is InChI=1S/C16H15FN4O6S2/c17-15-11(4-6-13(22)16(15)21-8-14(23)20-29(21,26)27)12-5-1-9(7-18-12)19-28(24,25)10-2-3-10/h1,4-7,10,19,22H,2-3,8H2,(H,20,23). The summed E-state index contributed by atoms with van der Waals surface area (Å²) in [5.74, 6) is -2.62. The lowest BCUT2D eigenvalue weighted by Crippen LogP contribution is -2.30. The summed E-state index contributed by atoms with van der Waals surface area (Å²) in [6, 6.07) is 5.03. The van der Waals surface area contributed by atoms with Crippen molar-refractivity contribution in [3.05, 3.63) is 36.3 Å². The minimum atomic E-state index is -4.33. The van der Waals surface area contributed by atoms with Gasteiger partial charge in [0.25, 0.3) is 5.91 Å². The van der Waals surface area contributed by atoms with Crippen molar-refractivity contribution in [2.75, 3.05) is 15.6 Å². The van der Waals surface area contributed by atoms with Gasteiger partial charge in [0, 0.05) is 5.56 Å². The molecule has 0 unspecified atom stereocenters. The largest absolute Gasteiger partial charge is 0.506 e. The molecule has 3 N–H and O–H groups in total. The monoisotopic (exact) mass is 442 g/mol. The molecule has 1 amide bonds. The predicted octanol–water partition coefficient (Wildman–Crippen LogP) is 0.678. The van der Waals surface area contributed by atoms with Gasteiger partial charge in [-0.25, -0.2) is 21.8 Å². The highest BCUT2D eigenvalue weighted by Crippen LogP contribution is 2.38. The molecule has 1 aliphatic heterocycles. The van der Waals surface area contributed by atoms with Gasteiger partial charge in [-0.2, -0.15) is 8.42 Å². The lowest BCUT2D eigenvalue weighted by molar-refractivity contribution is -0.117. The van der Waals surface area contributed by atoms with Crippen LogP contribution in [0.1, 0.15) is 12.8 Å². The van der Waals surface area contributed by atoms with Gasteiger partial charge in [0.1, 0.15) is 18.0 Å². The van der Waals surface area contributed by atoms with E-state index in [1.165, 1.54) is 24.4 Å². The second-order valence-corrected chi connectivity index (χ2v) is 10.2. The Balaban J connectivity index is 1.68. The molecule has 29 heavy (non-hydrogen) atoms. The van der Waals surface area contributed by atoms with Crippen LogP contribution < -0.4 is 13.7 Å². The Hall–Kier alpha value is -2.93. The molecule has 1 saturated carbocycles. The second-order valence-electron chi connectivity index (χ2n) is 6.61. The van der Waals surface area contributed by atoms with Gasteiger partial charge in [-0.15, -0.1) is 0 Å². The van der Waals surface area contributed by atoms with E-state index in [1.807, 2.05) is 0 Å². The third-order valence-electron chi connectivity index (χ3n) is 4.43. The quantitative estimate of drug-likeness (QED) is 0.617. The molecular formula is C16H15FN4O6S2. The molecule has 1 aliphatic carbocycles. The van der Waals surface area contributed by atoms with Gasteiger partial charge in [0.15, 0.2) is 5.82 Å². The number of phenolic OH excluding ortho intramolecular Hbond substituents is 1. The van der Waals surface area contributed by atoms with Crippen molar-refractivity contribution in [3.8, 4) is 17.0 Å². The topological polar surface area (TPSA) is 146 Å². The Kier molecular flexibility index (Phi) is 4.38. The first-order valence-corrected chi connectivity index (χ1v) is 11.4. The molecule has 1 aromatic carbocycles. The number of benzene rings is 1. The van der Waals surface area contributed by atoms with Crippen molar-refractivity contribution < 1.29 is 31.1 Å². The molecule has 13 heteroatoms. The van der Waals surface area contributed by atoms with Crippen LogP contribution in [0.3, 0.4) is 0 Å². The van der Waals surface area contributed by atoms with Crippen molar-refractivity contribution >= 4 is 37.5 Å². The first kappa shape index (κ1) is 19.4. The van der Waals surface area contributed by atoms with Crippen LogP contribution in [-0.4, -0.2) is 44.6 Å². The van der Waals surface area contributed by atoms with Crippen molar-refractivity contribution in [1.82, 2.24) is 9.71 Å². The second kappa shape index (κ2) is 6.56. The number of sulfonamides is 1. The Morgan fingerprint density at radius 3 is 2.52 bits per heavy atom. The van der Waals surface area contributed by atoms with Crippen LogP contribution in [0.5, 0.6) is 5.75 Å². The maximum atomic E-state index is 15.1. The molecule has 1 aromatic heterocycles. The summed E-state index contributed by atoms with van der Waals surface area (Å²) in [6.07, 6.45) is 2.40. The zero-order chi connectivity index (χ0) is 21.0. The molecule has 2 heterocycles. The molecule has 0 radical (unpaired) electrons. The van der Waals surface area contributed by atoms with Crippen LogP contribution >= 0.6 is 0 Å². The zero-order valence-electron chi connectivity index (χ0n) is 14.7. The predicted molar refractivity (Wildman–Crippen MR) is 101 cm³/mol. The lowest BCUT2D eigenvalue weighted by atomic mass is 10.1. The summed E-state index contributed by atoms with van der Waals surface area (Å²) in [6.45, 7) is -0.675. The summed E-state index contributed by atoms with van der Waals surface area (Å²) in [5.41, 5.74) is -0.531. The van der Waals surface area contributed by atoms with Gasteiger partial charge >= 0.3 is 10.2 Å². The van der Waals surface area contributed by atoms with Gasteiger partial charge in [0.2, 0.25) is 10.0 Å². The number of aromatic nitrogens is 1. The fourth-order valence-electron chi connectivity index (χ4n) is 2.87. The summed E-state index contributed by atoms with van der Waals surface area (Å²) < 4.78 is 67.5. The number of nitrogens with zero attached hydrogens (tertiary/aromatic N) is 2. The van der Waals surface area contributed by atoms with Gasteiger partial charge in [-0.1, -0.05) is 0 Å². The Bertz CT molecular complexity index is 1210. The molecular weight excluding hydrogens is 427 g/mol. The molecule has 2 aromatic rings. The number of amides is 1. The maximum Gasteiger partial charge on any atom is 0.326 e. The fraction of sp³-hybridized carbons (Fsp3) is 0.250. The number of pyridine rings is 1. The first-order chi connectivity index (χ1) is 13.6. The average Bonchev–Trinajstić information content (AvgIpc) is 3.43. The third-order valence-corrected chi connectivity index (χ3v) is 7.67. The SMILES string of the molecule is O=C1CN(c2c(O)ccc(-c3ccc(NS(=O)(=O)C4CC4)cn3)c2F)S(=O)(=O)N1.